The first-order valence-electron chi connectivity index (χ1n) is 6.74. The van der Waals surface area contributed by atoms with Crippen molar-refractivity contribution in [2.45, 2.75) is 52.1 Å². The Labute approximate surface area is 109 Å². The largest absolute Gasteiger partial charge is 0.477 e. The van der Waals surface area contributed by atoms with E-state index in [-0.39, 0.29) is 0 Å². The van der Waals surface area contributed by atoms with Crippen LogP contribution < -0.4 is 4.74 Å². The monoisotopic (exact) mass is 249 g/mol. The van der Waals surface area contributed by atoms with Crippen LogP contribution in [0.5, 0.6) is 5.88 Å². The maximum absolute atomic E-state index is 10.0. The molecule has 0 saturated heterocycles. The Kier molecular flexibility index (Phi) is 3.62. The van der Waals surface area contributed by atoms with Gasteiger partial charge in [0.15, 0.2) is 0 Å². The summed E-state index contributed by atoms with van der Waals surface area (Å²) >= 11 is 0. The van der Waals surface area contributed by atoms with Crippen molar-refractivity contribution < 1.29 is 9.84 Å². The Hall–Kier alpha value is -1.09. The van der Waals surface area contributed by atoms with E-state index in [9.17, 15) is 5.11 Å². The molecule has 1 heterocycles. The summed E-state index contributed by atoms with van der Waals surface area (Å²) in [6.45, 7) is 8.50. The molecule has 1 saturated carbocycles. The van der Waals surface area contributed by atoms with E-state index in [0.717, 1.165) is 12.2 Å². The number of aromatic nitrogens is 1. The van der Waals surface area contributed by atoms with Crippen molar-refractivity contribution in [3.05, 3.63) is 23.4 Å². The minimum atomic E-state index is -0.923. The lowest BCUT2D eigenvalue weighted by molar-refractivity contribution is 0.0728. The molecule has 3 nitrogen and oxygen atoms in total. The van der Waals surface area contributed by atoms with Gasteiger partial charge in [0.25, 0.3) is 0 Å². The second-order valence-electron chi connectivity index (χ2n) is 6.06. The highest BCUT2D eigenvalue weighted by Crippen LogP contribution is 2.32. The molecule has 0 aromatic carbocycles. The molecule has 2 rings (SSSR count). The normalized spacial score (nSPS) is 16.1. The highest BCUT2D eigenvalue weighted by molar-refractivity contribution is 5.32. The van der Waals surface area contributed by atoms with E-state index < -0.39 is 5.60 Å². The van der Waals surface area contributed by atoms with Crippen LogP contribution in [0.4, 0.5) is 0 Å². The Morgan fingerprint density at radius 3 is 2.56 bits per heavy atom. The van der Waals surface area contributed by atoms with E-state index in [0.29, 0.717) is 23.4 Å². The zero-order valence-corrected chi connectivity index (χ0v) is 11.7. The van der Waals surface area contributed by atoms with Crippen LogP contribution in [0.15, 0.2) is 12.1 Å². The summed E-state index contributed by atoms with van der Waals surface area (Å²) in [5.41, 5.74) is 0.856. The van der Waals surface area contributed by atoms with Gasteiger partial charge in [0.2, 0.25) is 5.88 Å². The van der Waals surface area contributed by atoms with E-state index in [4.69, 9.17) is 4.74 Å². The van der Waals surface area contributed by atoms with Gasteiger partial charge < -0.3 is 9.84 Å². The van der Waals surface area contributed by atoms with E-state index >= 15 is 0 Å². The maximum atomic E-state index is 10.0. The number of hydrogen-bond donors (Lipinski definition) is 1. The second kappa shape index (κ2) is 4.88. The zero-order chi connectivity index (χ0) is 13.3. The second-order valence-corrected chi connectivity index (χ2v) is 6.06. The molecule has 1 aliphatic rings. The number of nitrogens with zero attached hydrogens (tertiary/aromatic N) is 1. The summed E-state index contributed by atoms with van der Waals surface area (Å²) in [4.78, 5) is 4.49. The summed E-state index contributed by atoms with van der Waals surface area (Å²) in [5.74, 6) is 1.77. The van der Waals surface area contributed by atoms with Gasteiger partial charge in [0, 0.05) is 5.56 Å². The topological polar surface area (TPSA) is 42.4 Å². The molecule has 1 aromatic heterocycles. The summed E-state index contributed by atoms with van der Waals surface area (Å²) in [6, 6.07) is 3.91. The predicted molar refractivity (Wildman–Crippen MR) is 71.8 cm³/mol. The third-order valence-corrected chi connectivity index (χ3v) is 3.29. The lowest BCUT2D eigenvalue weighted by atomic mass is 10.0. The van der Waals surface area contributed by atoms with Gasteiger partial charge >= 0.3 is 0 Å². The summed E-state index contributed by atoms with van der Waals surface area (Å²) in [7, 11) is 0. The number of aliphatic hydroxyl groups is 1. The lowest BCUT2D eigenvalue weighted by Gasteiger charge is -2.20. The van der Waals surface area contributed by atoms with Gasteiger partial charge in [-0.3, -0.25) is 0 Å². The van der Waals surface area contributed by atoms with Crippen molar-refractivity contribution in [3.63, 3.8) is 0 Å². The van der Waals surface area contributed by atoms with Crippen molar-refractivity contribution in [2.75, 3.05) is 6.61 Å². The smallest absolute Gasteiger partial charge is 0.217 e. The first-order chi connectivity index (χ1) is 8.38. The molecule has 0 spiro atoms. The number of pyridine rings is 1. The minimum absolute atomic E-state index is 0.377. The van der Waals surface area contributed by atoms with E-state index in [1.807, 2.05) is 12.1 Å². The van der Waals surface area contributed by atoms with Gasteiger partial charge in [-0.2, -0.15) is 0 Å². The average Bonchev–Trinajstić information content (AvgIpc) is 3.08. The first-order valence-corrected chi connectivity index (χ1v) is 6.74. The van der Waals surface area contributed by atoms with Crippen LogP contribution >= 0.6 is 0 Å². The van der Waals surface area contributed by atoms with Crippen molar-refractivity contribution in [3.8, 4) is 5.88 Å². The van der Waals surface area contributed by atoms with Gasteiger partial charge in [0.05, 0.1) is 12.3 Å². The molecule has 1 aliphatic carbocycles. The molecule has 100 valence electrons. The summed E-state index contributed by atoms with van der Waals surface area (Å²) in [5, 5.41) is 10.0. The highest BCUT2D eigenvalue weighted by Gasteiger charge is 2.24. The molecular weight excluding hydrogens is 226 g/mol. The Balaban J connectivity index is 2.24. The van der Waals surface area contributed by atoms with Gasteiger partial charge in [0.1, 0.15) is 5.60 Å². The van der Waals surface area contributed by atoms with Crippen LogP contribution in [0.2, 0.25) is 0 Å². The van der Waals surface area contributed by atoms with E-state index in [1.165, 1.54) is 12.8 Å². The van der Waals surface area contributed by atoms with Crippen molar-refractivity contribution >= 4 is 0 Å². The molecule has 0 amide bonds. The third-order valence-electron chi connectivity index (χ3n) is 3.29. The fraction of sp³-hybridized carbons (Fsp3) is 0.667. The van der Waals surface area contributed by atoms with Gasteiger partial charge in [-0.1, -0.05) is 19.9 Å². The van der Waals surface area contributed by atoms with Gasteiger partial charge in [-0.05, 0) is 44.6 Å². The molecule has 0 unspecified atom stereocenters. The average molecular weight is 249 g/mol. The molecule has 1 aromatic rings. The van der Waals surface area contributed by atoms with Crippen LogP contribution in [0.3, 0.4) is 0 Å². The third kappa shape index (κ3) is 3.22. The standard InChI is InChI=1S/C15H23NO2/c1-10(2)12-7-8-13(15(3,4)17)16-14(12)18-9-11-5-6-11/h7-8,10-11,17H,5-6,9H2,1-4H3. The van der Waals surface area contributed by atoms with Crippen molar-refractivity contribution in [1.82, 2.24) is 4.98 Å². The lowest BCUT2D eigenvalue weighted by Crippen LogP contribution is -2.18. The fourth-order valence-electron chi connectivity index (χ4n) is 1.83. The molecule has 0 atom stereocenters. The number of ether oxygens (including phenoxy) is 1. The van der Waals surface area contributed by atoms with Crippen LogP contribution in [0, 0.1) is 5.92 Å². The zero-order valence-electron chi connectivity index (χ0n) is 11.7. The molecule has 18 heavy (non-hydrogen) atoms. The molecule has 1 N–H and O–H groups in total. The van der Waals surface area contributed by atoms with Crippen LogP contribution in [-0.2, 0) is 5.60 Å². The minimum Gasteiger partial charge on any atom is -0.477 e. The van der Waals surface area contributed by atoms with Gasteiger partial charge in [-0.25, -0.2) is 4.98 Å². The number of rotatable bonds is 5. The van der Waals surface area contributed by atoms with Crippen LogP contribution in [0.25, 0.3) is 0 Å². The van der Waals surface area contributed by atoms with Crippen LogP contribution in [0.1, 0.15) is 57.7 Å². The van der Waals surface area contributed by atoms with Crippen LogP contribution in [-0.4, -0.2) is 16.7 Å². The van der Waals surface area contributed by atoms with Gasteiger partial charge in [-0.15, -0.1) is 0 Å². The first kappa shape index (κ1) is 13.3. The van der Waals surface area contributed by atoms with Crippen molar-refractivity contribution in [1.29, 1.82) is 0 Å². The molecule has 0 bridgehead atoms. The number of hydrogen-bond acceptors (Lipinski definition) is 3. The molecular formula is C15H23NO2. The SMILES string of the molecule is CC(C)c1ccc(C(C)(C)O)nc1OCC1CC1. The summed E-state index contributed by atoms with van der Waals surface area (Å²) in [6.07, 6.45) is 2.53. The van der Waals surface area contributed by atoms with Crippen molar-refractivity contribution in [2.24, 2.45) is 5.92 Å². The Morgan fingerprint density at radius 1 is 1.39 bits per heavy atom. The Morgan fingerprint density at radius 2 is 2.06 bits per heavy atom. The maximum Gasteiger partial charge on any atom is 0.217 e. The fourth-order valence-corrected chi connectivity index (χ4v) is 1.83. The quantitative estimate of drug-likeness (QED) is 0.871. The molecule has 3 heteroatoms. The molecule has 0 radical (unpaired) electrons. The van der Waals surface area contributed by atoms with E-state index in [2.05, 4.69) is 18.8 Å². The molecule has 1 fully saturated rings. The Bertz CT molecular complexity index is 417. The molecule has 0 aliphatic heterocycles. The predicted octanol–water partition coefficient (Wildman–Crippen LogP) is 3.22. The highest BCUT2D eigenvalue weighted by atomic mass is 16.5. The summed E-state index contributed by atoms with van der Waals surface area (Å²) < 4.78 is 5.84. The van der Waals surface area contributed by atoms with E-state index in [1.54, 1.807) is 13.8 Å².